The maximum atomic E-state index is 11.5. The van der Waals surface area contributed by atoms with Gasteiger partial charge in [0.05, 0.1) is 11.2 Å². The third kappa shape index (κ3) is 41.8. The van der Waals surface area contributed by atoms with Crippen LogP contribution in [0, 0.1) is 0 Å². The van der Waals surface area contributed by atoms with E-state index < -0.39 is 96.7 Å². The third-order valence-corrected chi connectivity index (χ3v) is 12.2. The molecule has 2 saturated heterocycles. The molecule has 0 aromatic rings. The standard InChI is InChI=1S/C7H15AsO3.C7H15AsO2.C6H14O2.CH3AsCl2.CH5AsO3.CH4.AsCl3.Cl3P/c1-6(2)7(3,4)11-8(5,9)10-6;1-6(2)7(3,4)10-8(5)9-6;1-5(2,7)6(3,4)8;1-2(3)4;1-2(3,4)5;;2-1(3)4;1-4(2)3/h1-5H3;1-5H3;7-8H,1-4H3;1H3;1H3,(H2,3,4,5);1H4;;. The first-order valence-corrected chi connectivity index (χ1v) is 42.8. The first-order chi connectivity index (χ1) is 19.5. The van der Waals surface area contributed by atoms with Crippen LogP contribution in [0.5, 0.6) is 0 Å². The van der Waals surface area contributed by atoms with Gasteiger partial charge in [-0.1, -0.05) is 41.1 Å². The van der Waals surface area contributed by atoms with Gasteiger partial charge in [-0.05, 0) is 27.7 Å². The van der Waals surface area contributed by atoms with Gasteiger partial charge in [0.25, 0.3) is 0 Å². The first kappa shape index (κ1) is 63.7. The van der Waals surface area contributed by atoms with E-state index in [2.05, 4.69) is 33.4 Å². The minimum absolute atomic E-state index is 0. The fraction of sp³-hybridized carbons (Fsp3) is 1.00. The molecule has 2 aliphatic heterocycles. The van der Waals surface area contributed by atoms with Gasteiger partial charge in [0.2, 0.25) is 0 Å². The average Bonchev–Trinajstić information content (AvgIpc) is 2.89. The van der Waals surface area contributed by atoms with Gasteiger partial charge in [-0.3, -0.25) is 0 Å². The molecule has 2 aliphatic rings. The second kappa shape index (κ2) is 26.6. The van der Waals surface area contributed by atoms with Crippen molar-refractivity contribution in [2.24, 2.45) is 0 Å². The first-order valence-electron chi connectivity index (χ1n) is 12.7. The van der Waals surface area contributed by atoms with E-state index in [0.717, 1.165) is 5.71 Å². The predicted molar refractivity (Wildman–Crippen MR) is 212 cm³/mol. The van der Waals surface area contributed by atoms with E-state index in [1.807, 2.05) is 33.4 Å². The Morgan fingerprint density at radius 3 is 0.936 bits per heavy atom. The second-order valence-corrected chi connectivity index (χ2v) is 44.1. The van der Waals surface area contributed by atoms with Crippen molar-refractivity contribution in [1.29, 1.82) is 0 Å². The quantitative estimate of drug-likeness (QED) is 0.148. The molecule has 0 amide bonds. The molecular weight excluding hydrogens is 1130 g/mol. The van der Waals surface area contributed by atoms with Crippen LogP contribution in [0.1, 0.15) is 90.5 Å². The van der Waals surface area contributed by atoms with Crippen molar-refractivity contribution >= 4 is 158 Å². The summed E-state index contributed by atoms with van der Waals surface area (Å²) in [6, 6.07) is 0. The predicted octanol–water partition coefficient (Wildman–Crippen LogP) is 9.63. The molecule has 2 fully saturated rings. The van der Waals surface area contributed by atoms with E-state index in [0.29, 0.717) is 0 Å². The molecule has 4 N–H and O–H groups in total. The van der Waals surface area contributed by atoms with Gasteiger partial charge < -0.3 is 10.2 Å². The molecular formula is C23H56As5Cl8O10P. The van der Waals surface area contributed by atoms with Crippen molar-refractivity contribution in [3.05, 3.63) is 0 Å². The van der Waals surface area contributed by atoms with Crippen LogP contribution in [0.3, 0.4) is 0 Å². The molecule has 47 heavy (non-hydrogen) atoms. The summed E-state index contributed by atoms with van der Waals surface area (Å²) >= 11 is 2.72. The maximum absolute atomic E-state index is 11.5. The Morgan fingerprint density at radius 1 is 0.745 bits per heavy atom. The van der Waals surface area contributed by atoms with E-state index in [-0.39, 0.29) is 18.6 Å². The molecule has 0 aromatic heterocycles. The zero-order chi connectivity index (χ0) is 39.1. The van der Waals surface area contributed by atoms with Crippen molar-refractivity contribution < 1.29 is 40.8 Å². The van der Waals surface area contributed by atoms with Crippen LogP contribution in [0.15, 0.2) is 0 Å². The van der Waals surface area contributed by atoms with E-state index in [4.69, 9.17) is 117 Å². The SMILES string of the molecule is C.CC(C)(O)C(C)(C)O.CC1(C)O[As](C)(=O)OC1(C)C.C[As](=O)(O)O.C[As](Cl)Cl.C[As]1OC(C)(C)C(C)(C)O1.ClP(Cl)Cl.Cl[As](Cl)Cl. The number of hydrogen-bond donors (Lipinski definition) is 4. The molecule has 2 rings (SSSR count). The summed E-state index contributed by atoms with van der Waals surface area (Å²) in [5.41, 5.74) is 3.32. The number of hydrogen-bond acceptors (Lipinski definition) is 8. The molecule has 0 atom stereocenters. The summed E-state index contributed by atoms with van der Waals surface area (Å²) in [5.74, 6) is -1.20. The molecule has 0 saturated carbocycles. The molecule has 0 unspecified atom stereocenters. The van der Waals surface area contributed by atoms with E-state index in [9.17, 15) is 7.48 Å². The van der Waals surface area contributed by atoms with Gasteiger partial charge in [0.1, 0.15) is 0 Å². The molecule has 0 bridgehead atoms. The van der Waals surface area contributed by atoms with E-state index >= 15 is 0 Å². The Labute approximate surface area is 341 Å². The Kier molecular flexibility index (Phi) is 36.1. The third-order valence-electron chi connectivity index (χ3n) is 5.90. The Balaban J connectivity index is -0.000000109. The monoisotopic (exact) mass is 1180 g/mol. The molecule has 0 aliphatic carbocycles. The van der Waals surface area contributed by atoms with Gasteiger partial charge in [-0.2, -0.15) is 0 Å². The van der Waals surface area contributed by atoms with Crippen LogP contribution >= 0.6 is 89.5 Å². The zero-order valence-electron chi connectivity index (χ0n) is 28.9. The summed E-state index contributed by atoms with van der Waals surface area (Å²) in [6.45, 7) is 22.3. The Bertz CT molecular complexity index is 839. The molecule has 0 aromatic carbocycles. The van der Waals surface area contributed by atoms with Crippen LogP contribution in [-0.4, -0.2) is 120 Å². The topological polar surface area (TPSA) is 152 Å². The van der Waals surface area contributed by atoms with Gasteiger partial charge >= 0.3 is 249 Å². The van der Waals surface area contributed by atoms with Crippen molar-refractivity contribution in [1.82, 2.24) is 0 Å². The van der Waals surface area contributed by atoms with Crippen LogP contribution in [-0.2, 0) is 22.4 Å². The fourth-order valence-corrected chi connectivity index (χ4v) is 10.1. The molecule has 294 valence electrons. The summed E-state index contributed by atoms with van der Waals surface area (Å²) in [4.78, 5) is 0. The Morgan fingerprint density at radius 2 is 0.894 bits per heavy atom. The number of rotatable bonds is 1. The fourth-order valence-electron chi connectivity index (χ4n) is 1.95. The van der Waals surface area contributed by atoms with Crippen molar-refractivity contribution in [2.45, 2.75) is 147 Å². The summed E-state index contributed by atoms with van der Waals surface area (Å²) in [6.07, 6.45) is 0. The number of halogens is 8. The Hall–Kier alpha value is 4.82. The molecule has 10 nitrogen and oxygen atoms in total. The minimum atomic E-state index is -4.12. The molecule has 24 heteroatoms. The van der Waals surface area contributed by atoms with Crippen LogP contribution in [0.2, 0.25) is 22.8 Å². The summed E-state index contributed by atoms with van der Waals surface area (Å²) < 4.78 is 58.3. The number of aliphatic hydroxyl groups is 2. The van der Waals surface area contributed by atoms with Gasteiger partial charge in [-0.25, -0.2) is 0 Å². The van der Waals surface area contributed by atoms with Crippen LogP contribution in [0.4, 0.5) is 0 Å². The second-order valence-electron chi connectivity index (χ2n) is 12.4. The van der Waals surface area contributed by atoms with E-state index in [1.165, 1.54) is 0 Å². The summed E-state index contributed by atoms with van der Waals surface area (Å²) in [7, 11) is 25.2. The average molecular weight is 1180 g/mol. The van der Waals surface area contributed by atoms with Gasteiger partial charge in [-0.15, -0.1) is 0 Å². The zero-order valence-corrected chi connectivity index (χ0v) is 45.3. The van der Waals surface area contributed by atoms with Gasteiger partial charge in [0, 0.05) is 0 Å². The molecule has 0 radical (unpaired) electrons. The van der Waals surface area contributed by atoms with Crippen LogP contribution < -0.4 is 0 Å². The van der Waals surface area contributed by atoms with Gasteiger partial charge in [0.15, 0.2) is 5.98 Å². The molecule has 0 spiro atoms. The van der Waals surface area contributed by atoms with Crippen molar-refractivity contribution in [3.63, 3.8) is 0 Å². The normalized spacial score (nSPS) is 20.1. The van der Waals surface area contributed by atoms with E-state index in [1.54, 1.807) is 33.4 Å². The molecule has 2 heterocycles. The van der Waals surface area contributed by atoms with Crippen molar-refractivity contribution in [2.75, 3.05) is 0 Å². The van der Waals surface area contributed by atoms with Crippen LogP contribution in [0.25, 0.3) is 0 Å². The summed E-state index contributed by atoms with van der Waals surface area (Å²) in [5, 5.41) is 18.2. The van der Waals surface area contributed by atoms with Crippen molar-refractivity contribution in [3.8, 4) is 0 Å².